The van der Waals surface area contributed by atoms with Gasteiger partial charge in [-0.25, -0.2) is 0 Å². The number of aliphatic imine (C=N–C) groups is 2. The first-order chi connectivity index (χ1) is 24.0. The van der Waals surface area contributed by atoms with E-state index in [0.29, 0.717) is 24.9 Å². The molecule has 0 aliphatic carbocycles. The maximum atomic E-state index is 6.27. The largest absolute Gasteiger partial charge is 0.384 e. The van der Waals surface area contributed by atoms with Crippen molar-refractivity contribution >= 4 is 23.0 Å². The summed E-state index contributed by atoms with van der Waals surface area (Å²) >= 11 is 0. The monoisotopic (exact) mass is 659 g/mol. The Hall–Kier alpha value is -4.86. The fourth-order valence-electron chi connectivity index (χ4n) is 5.41. The highest BCUT2D eigenvalue weighted by Gasteiger charge is 2.05. The molecule has 0 spiro atoms. The molecule has 0 bridgehead atoms. The van der Waals surface area contributed by atoms with Crippen molar-refractivity contribution in [3.8, 4) is 0 Å². The van der Waals surface area contributed by atoms with E-state index in [2.05, 4.69) is 110 Å². The van der Waals surface area contributed by atoms with Crippen LogP contribution in [0.1, 0.15) is 55.4 Å². The number of rotatable bonds is 21. The van der Waals surface area contributed by atoms with Gasteiger partial charge in [0.1, 0.15) is 18.3 Å². The van der Waals surface area contributed by atoms with E-state index in [1.165, 1.54) is 11.1 Å². The lowest BCUT2D eigenvalue weighted by Crippen LogP contribution is -2.24. The van der Waals surface area contributed by atoms with Gasteiger partial charge in [-0.1, -0.05) is 74.5 Å². The van der Waals surface area contributed by atoms with Crippen LogP contribution in [-0.4, -0.2) is 67.4 Å². The van der Waals surface area contributed by atoms with Crippen molar-refractivity contribution in [2.75, 3.05) is 51.3 Å². The van der Waals surface area contributed by atoms with E-state index in [-0.39, 0.29) is 0 Å². The molecule has 4 rings (SSSR count). The number of nitrogens with zero attached hydrogens (tertiary/aromatic N) is 6. The molecule has 0 aromatic heterocycles. The van der Waals surface area contributed by atoms with Gasteiger partial charge in [0.2, 0.25) is 0 Å². The number of azo groups is 1. The minimum atomic E-state index is 0.354. The van der Waals surface area contributed by atoms with Gasteiger partial charge < -0.3 is 16.8 Å². The smallest absolute Gasteiger partial charge is 0.129 e. The summed E-state index contributed by atoms with van der Waals surface area (Å²) in [4.78, 5) is 14.1. The number of hydrogen-bond donors (Lipinski definition) is 3. The molecule has 0 heterocycles. The molecule has 4 aromatic rings. The lowest BCUT2D eigenvalue weighted by molar-refractivity contribution is 0.274. The lowest BCUT2D eigenvalue weighted by atomic mass is 10.2. The number of amidine groups is 2. The van der Waals surface area contributed by atoms with Crippen molar-refractivity contribution in [3.63, 3.8) is 0 Å². The van der Waals surface area contributed by atoms with E-state index in [0.717, 1.165) is 87.6 Å². The van der Waals surface area contributed by atoms with Gasteiger partial charge >= 0.3 is 0 Å². The first kappa shape index (κ1) is 37.0. The average molecular weight is 660 g/mol. The summed E-state index contributed by atoms with van der Waals surface area (Å²) in [5.41, 5.74) is 18.7. The molecule has 0 saturated heterocycles. The maximum absolute atomic E-state index is 6.27. The predicted octanol–water partition coefficient (Wildman–Crippen LogP) is 7.47. The highest BCUT2D eigenvalue weighted by Crippen LogP contribution is 2.15. The minimum Gasteiger partial charge on any atom is -0.384 e. The summed E-state index contributed by atoms with van der Waals surface area (Å²) in [5.74, 6) is 1.11. The third-order valence-electron chi connectivity index (χ3n) is 8.36. The standard InChI is InChI=1S/C40H53N9/c1-3-48(30-33-14-7-5-8-15-33)28-12-11-26-43-39(41)35-18-22-37(23-19-35)45-32-46-47-38-24-20-36(21-25-38)40(42)44-27-13-29-49(4-2)31-34-16-9-6-10-17-34/h5-10,14-25,45H,3-4,11-13,26-32H2,1-2H3,(H2,41,43)(H2,42,44). The highest BCUT2D eigenvalue weighted by molar-refractivity contribution is 5.98. The topological polar surface area (TPSA) is 120 Å². The van der Waals surface area contributed by atoms with Crippen molar-refractivity contribution in [1.82, 2.24) is 9.80 Å². The molecule has 0 aliphatic rings. The fourth-order valence-corrected chi connectivity index (χ4v) is 5.41. The summed E-state index contributed by atoms with van der Waals surface area (Å²) in [6, 6.07) is 36.8. The third-order valence-corrected chi connectivity index (χ3v) is 8.36. The second-order valence-corrected chi connectivity index (χ2v) is 12.0. The van der Waals surface area contributed by atoms with Crippen LogP contribution in [0.5, 0.6) is 0 Å². The molecule has 0 atom stereocenters. The van der Waals surface area contributed by atoms with Gasteiger partial charge in [0.25, 0.3) is 0 Å². The van der Waals surface area contributed by atoms with E-state index in [1.54, 1.807) is 0 Å². The van der Waals surface area contributed by atoms with E-state index in [4.69, 9.17) is 11.5 Å². The zero-order valence-electron chi connectivity index (χ0n) is 29.2. The summed E-state index contributed by atoms with van der Waals surface area (Å²) in [5, 5.41) is 11.9. The van der Waals surface area contributed by atoms with Crippen molar-refractivity contribution in [2.45, 2.75) is 46.2 Å². The molecule has 9 heteroatoms. The Bertz CT molecular complexity index is 1570. The van der Waals surface area contributed by atoms with Crippen LogP contribution in [0, 0.1) is 0 Å². The van der Waals surface area contributed by atoms with Crippen molar-refractivity contribution < 1.29 is 0 Å². The first-order valence-corrected chi connectivity index (χ1v) is 17.5. The van der Waals surface area contributed by atoms with Gasteiger partial charge in [-0.05, 0) is 98.6 Å². The van der Waals surface area contributed by atoms with Crippen LogP contribution in [0.25, 0.3) is 0 Å². The van der Waals surface area contributed by atoms with E-state index in [1.807, 2.05) is 48.5 Å². The first-order valence-electron chi connectivity index (χ1n) is 17.5. The van der Waals surface area contributed by atoms with Crippen LogP contribution < -0.4 is 16.8 Å². The zero-order valence-corrected chi connectivity index (χ0v) is 29.2. The molecule has 0 fully saturated rings. The van der Waals surface area contributed by atoms with Crippen LogP contribution in [0.15, 0.2) is 129 Å². The SMILES string of the molecule is CCN(CCCCN=C(N)c1ccc(NCN=Nc2ccc(C(N)=NCCCN(CC)Cc3ccccc3)cc2)cc1)Cc1ccccc1. The summed E-state index contributed by atoms with van der Waals surface area (Å²) in [6.45, 7) is 12.2. The normalized spacial score (nSPS) is 12.3. The number of benzene rings is 4. The van der Waals surface area contributed by atoms with Crippen molar-refractivity contribution in [3.05, 3.63) is 131 Å². The van der Waals surface area contributed by atoms with Crippen LogP contribution in [0.2, 0.25) is 0 Å². The summed E-state index contributed by atoms with van der Waals surface area (Å²) in [7, 11) is 0. The van der Waals surface area contributed by atoms with E-state index >= 15 is 0 Å². The molecule has 0 amide bonds. The van der Waals surface area contributed by atoms with Crippen molar-refractivity contribution in [1.29, 1.82) is 0 Å². The quantitative estimate of drug-likeness (QED) is 0.0371. The molecule has 4 aromatic carbocycles. The second kappa shape index (κ2) is 21.2. The van der Waals surface area contributed by atoms with Crippen LogP contribution in [-0.2, 0) is 13.1 Å². The molecular weight excluding hydrogens is 607 g/mol. The van der Waals surface area contributed by atoms with Crippen molar-refractivity contribution in [2.24, 2.45) is 31.7 Å². The Morgan fingerprint density at radius 3 is 1.61 bits per heavy atom. The lowest BCUT2D eigenvalue weighted by Gasteiger charge is -2.20. The molecule has 0 aliphatic heterocycles. The average Bonchev–Trinajstić information content (AvgIpc) is 3.15. The molecule has 258 valence electrons. The molecule has 0 saturated carbocycles. The Morgan fingerprint density at radius 1 is 0.592 bits per heavy atom. The molecule has 0 unspecified atom stereocenters. The van der Waals surface area contributed by atoms with Gasteiger partial charge in [0, 0.05) is 49.5 Å². The Kier molecular flexibility index (Phi) is 16.0. The van der Waals surface area contributed by atoms with Crippen LogP contribution in [0.3, 0.4) is 0 Å². The number of anilines is 1. The predicted molar refractivity (Wildman–Crippen MR) is 206 cm³/mol. The Morgan fingerprint density at radius 2 is 1.08 bits per heavy atom. The van der Waals surface area contributed by atoms with Gasteiger partial charge in [-0.15, -0.1) is 0 Å². The van der Waals surface area contributed by atoms with E-state index in [9.17, 15) is 0 Å². The van der Waals surface area contributed by atoms with Gasteiger partial charge in [-0.2, -0.15) is 10.2 Å². The number of unbranched alkanes of at least 4 members (excludes halogenated alkanes) is 1. The third kappa shape index (κ3) is 13.6. The molecule has 9 nitrogen and oxygen atoms in total. The minimum absolute atomic E-state index is 0.354. The van der Waals surface area contributed by atoms with E-state index < -0.39 is 0 Å². The molecule has 0 radical (unpaired) electrons. The van der Waals surface area contributed by atoms with Crippen LogP contribution >= 0.6 is 0 Å². The Labute approximate surface area is 292 Å². The van der Waals surface area contributed by atoms with Crippen LogP contribution in [0.4, 0.5) is 11.4 Å². The number of nitrogens with one attached hydrogen (secondary N) is 1. The molecular formula is C40H53N9. The second-order valence-electron chi connectivity index (χ2n) is 12.0. The van der Waals surface area contributed by atoms with Gasteiger partial charge in [0.15, 0.2) is 0 Å². The molecule has 5 N–H and O–H groups in total. The van der Waals surface area contributed by atoms with Gasteiger partial charge in [-0.3, -0.25) is 19.8 Å². The van der Waals surface area contributed by atoms with Gasteiger partial charge in [0.05, 0.1) is 5.69 Å². The maximum Gasteiger partial charge on any atom is 0.129 e. The summed E-state index contributed by atoms with van der Waals surface area (Å²) in [6.07, 6.45) is 3.06. The fraction of sp³-hybridized carbons (Fsp3) is 0.350. The summed E-state index contributed by atoms with van der Waals surface area (Å²) < 4.78 is 0. The number of nitrogens with two attached hydrogens (primary N) is 2. The Balaban J connectivity index is 1.12. The zero-order chi connectivity index (χ0) is 34.5. The highest BCUT2D eigenvalue weighted by atomic mass is 15.2. The molecule has 49 heavy (non-hydrogen) atoms. The number of hydrogen-bond acceptors (Lipinski definition) is 7.